The van der Waals surface area contributed by atoms with Gasteiger partial charge in [0, 0.05) is 6.54 Å². The highest BCUT2D eigenvalue weighted by Gasteiger charge is 2.15. The molecule has 1 unspecified atom stereocenters. The summed E-state index contributed by atoms with van der Waals surface area (Å²) in [5, 5.41) is 13.9. The third kappa shape index (κ3) is 4.07. The van der Waals surface area contributed by atoms with E-state index < -0.39 is 6.10 Å². The van der Waals surface area contributed by atoms with Crippen molar-refractivity contribution in [1.82, 2.24) is 5.32 Å². The molecule has 0 heterocycles. The van der Waals surface area contributed by atoms with E-state index in [0.29, 0.717) is 6.54 Å². The Hall–Kier alpha value is -2.42. The Morgan fingerprint density at radius 3 is 1.43 bits per heavy atom. The van der Waals surface area contributed by atoms with Crippen LogP contribution in [0.3, 0.4) is 0 Å². The summed E-state index contributed by atoms with van der Waals surface area (Å²) < 4.78 is 0. The van der Waals surface area contributed by atoms with E-state index in [9.17, 15) is 5.11 Å². The van der Waals surface area contributed by atoms with E-state index in [2.05, 4.69) is 29.6 Å². The van der Waals surface area contributed by atoms with Crippen molar-refractivity contribution in [2.75, 3.05) is 6.54 Å². The molecule has 116 valence electrons. The minimum absolute atomic E-state index is 0.0655. The first kappa shape index (κ1) is 15.5. The predicted octanol–water partition coefficient (Wildman–Crippen LogP) is 4.10. The van der Waals surface area contributed by atoms with Crippen LogP contribution in [0.1, 0.15) is 28.8 Å². The van der Waals surface area contributed by atoms with Gasteiger partial charge in [-0.2, -0.15) is 0 Å². The molecule has 0 amide bonds. The zero-order valence-corrected chi connectivity index (χ0v) is 13.0. The van der Waals surface area contributed by atoms with E-state index in [1.54, 1.807) is 0 Å². The molecule has 0 saturated carbocycles. The summed E-state index contributed by atoms with van der Waals surface area (Å²) in [7, 11) is 0. The monoisotopic (exact) mass is 303 g/mol. The van der Waals surface area contributed by atoms with Crippen molar-refractivity contribution >= 4 is 0 Å². The quantitative estimate of drug-likeness (QED) is 0.718. The van der Waals surface area contributed by atoms with Gasteiger partial charge in [0.05, 0.1) is 12.1 Å². The molecule has 0 spiro atoms. The van der Waals surface area contributed by atoms with Gasteiger partial charge in [0.25, 0.3) is 0 Å². The Balaban J connectivity index is 1.77. The van der Waals surface area contributed by atoms with E-state index in [0.717, 1.165) is 5.56 Å². The van der Waals surface area contributed by atoms with Crippen LogP contribution in [0.4, 0.5) is 0 Å². The number of rotatable bonds is 6. The maximum atomic E-state index is 10.4. The normalized spacial score (nSPS) is 12.3. The lowest BCUT2D eigenvalue weighted by Gasteiger charge is -2.22. The predicted molar refractivity (Wildman–Crippen MR) is 94.1 cm³/mol. The van der Waals surface area contributed by atoms with Crippen LogP contribution in [0.5, 0.6) is 0 Å². The zero-order valence-electron chi connectivity index (χ0n) is 13.0. The first-order valence-electron chi connectivity index (χ1n) is 7.91. The minimum Gasteiger partial charge on any atom is -0.387 e. The molecule has 0 aliphatic carbocycles. The average Bonchev–Trinajstić information content (AvgIpc) is 2.64. The third-order valence-electron chi connectivity index (χ3n) is 3.97. The van der Waals surface area contributed by atoms with E-state index in [1.807, 2.05) is 66.7 Å². The average molecular weight is 303 g/mol. The van der Waals surface area contributed by atoms with E-state index in [4.69, 9.17) is 0 Å². The largest absolute Gasteiger partial charge is 0.387 e. The molecule has 0 aromatic heterocycles. The second-order valence-electron chi connectivity index (χ2n) is 5.59. The summed E-state index contributed by atoms with van der Waals surface area (Å²) in [5.41, 5.74) is 3.32. The standard InChI is InChI=1S/C21H21NO/c23-20(17-10-4-1-5-11-17)16-22-21(18-12-6-2-7-13-18)19-14-8-3-9-15-19/h1-15,20-23H,16H2. The summed E-state index contributed by atoms with van der Waals surface area (Å²) in [6.07, 6.45) is -0.522. The van der Waals surface area contributed by atoms with Crippen molar-refractivity contribution < 1.29 is 5.11 Å². The SMILES string of the molecule is OC(CNC(c1ccccc1)c1ccccc1)c1ccccc1. The highest BCUT2D eigenvalue weighted by Crippen LogP contribution is 2.22. The topological polar surface area (TPSA) is 32.3 Å². The first-order chi connectivity index (χ1) is 11.3. The van der Waals surface area contributed by atoms with Gasteiger partial charge in [0.15, 0.2) is 0 Å². The van der Waals surface area contributed by atoms with Gasteiger partial charge in [-0.15, -0.1) is 0 Å². The molecule has 0 radical (unpaired) electrons. The summed E-state index contributed by atoms with van der Waals surface area (Å²) in [5.74, 6) is 0. The number of aliphatic hydroxyl groups excluding tert-OH is 1. The zero-order chi connectivity index (χ0) is 15.9. The van der Waals surface area contributed by atoms with Crippen LogP contribution in [-0.2, 0) is 0 Å². The van der Waals surface area contributed by atoms with Crippen LogP contribution in [0.2, 0.25) is 0 Å². The van der Waals surface area contributed by atoms with Gasteiger partial charge in [0.2, 0.25) is 0 Å². The second-order valence-corrected chi connectivity index (χ2v) is 5.59. The fourth-order valence-electron chi connectivity index (χ4n) is 2.74. The Labute approximate surface area is 137 Å². The molecule has 2 heteroatoms. The fraction of sp³-hybridized carbons (Fsp3) is 0.143. The number of aliphatic hydroxyl groups is 1. The van der Waals surface area contributed by atoms with Crippen molar-refractivity contribution in [3.05, 3.63) is 108 Å². The van der Waals surface area contributed by atoms with Crippen molar-refractivity contribution in [2.24, 2.45) is 0 Å². The summed E-state index contributed by atoms with van der Waals surface area (Å²) in [6.45, 7) is 0.498. The Morgan fingerprint density at radius 1 is 0.609 bits per heavy atom. The summed E-state index contributed by atoms with van der Waals surface area (Å²) in [4.78, 5) is 0. The maximum absolute atomic E-state index is 10.4. The lowest BCUT2D eigenvalue weighted by Crippen LogP contribution is -2.27. The van der Waals surface area contributed by atoms with E-state index in [-0.39, 0.29) is 6.04 Å². The van der Waals surface area contributed by atoms with Gasteiger partial charge in [-0.05, 0) is 16.7 Å². The molecule has 2 N–H and O–H groups in total. The van der Waals surface area contributed by atoms with Crippen molar-refractivity contribution in [3.8, 4) is 0 Å². The molecule has 0 aliphatic heterocycles. The van der Waals surface area contributed by atoms with Crippen molar-refractivity contribution in [3.63, 3.8) is 0 Å². The molecular formula is C21H21NO. The van der Waals surface area contributed by atoms with Crippen LogP contribution in [0.25, 0.3) is 0 Å². The molecule has 0 bridgehead atoms. The van der Waals surface area contributed by atoms with Gasteiger partial charge >= 0.3 is 0 Å². The first-order valence-corrected chi connectivity index (χ1v) is 7.91. The van der Waals surface area contributed by atoms with Gasteiger partial charge in [-0.3, -0.25) is 0 Å². The lowest BCUT2D eigenvalue weighted by molar-refractivity contribution is 0.172. The van der Waals surface area contributed by atoms with E-state index in [1.165, 1.54) is 11.1 Å². The van der Waals surface area contributed by atoms with Crippen molar-refractivity contribution in [2.45, 2.75) is 12.1 Å². The molecule has 1 atom stereocenters. The van der Waals surface area contributed by atoms with Gasteiger partial charge in [0.1, 0.15) is 0 Å². The van der Waals surface area contributed by atoms with Gasteiger partial charge in [-0.1, -0.05) is 91.0 Å². The maximum Gasteiger partial charge on any atom is 0.0914 e. The third-order valence-corrected chi connectivity index (χ3v) is 3.97. The number of hydrogen-bond acceptors (Lipinski definition) is 2. The van der Waals surface area contributed by atoms with Crippen LogP contribution in [-0.4, -0.2) is 11.7 Å². The smallest absolute Gasteiger partial charge is 0.0914 e. The van der Waals surface area contributed by atoms with Crippen LogP contribution < -0.4 is 5.32 Å². The number of hydrogen-bond donors (Lipinski definition) is 2. The number of nitrogens with one attached hydrogen (secondary N) is 1. The molecule has 0 fully saturated rings. The van der Waals surface area contributed by atoms with Crippen LogP contribution in [0.15, 0.2) is 91.0 Å². The fourth-order valence-corrected chi connectivity index (χ4v) is 2.74. The van der Waals surface area contributed by atoms with Gasteiger partial charge < -0.3 is 10.4 Å². The molecule has 3 aromatic carbocycles. The Kier molecular flexibility index (Phi) is 5.20. The molecule has 0 aliphatic rings. The van der Waals surface area contributed by atoms with Crippen molar-refractivity contribution in [1.29, 1.82) is 0 Å². The molecule has 2 nitrogen and oxygen atoms in total. The lowest BCUT2D eigenvalue weighted by atomic mass is 9.98. The minimum atomic E-state index is -0.522. The highest BCUT2D eigenvalue weighted by atomic mass is 16.3. The molecule has 3 rings (SSSR count). The molecule has 3 aromatic rings. The molecule has 23 heavy (non-hydrogen) atoms. The molecule has 0 saturated heterocycles. The Morgan fingerprint density at radius 2 is 1.00 bits per heavy atom. The van der Waals surface area contributed by atoms with Gasteiger partial charge in [-0.25, -0.2) is 0 Å². The van der Waals surface area contributed by atoms with Crippen LogP contribution >= 0.6 is 0 Å². The highest BCUT2D eigenvalue weighted by molar-refractivity contribution is 5.31. The summed E-state index contributed by atoms with van der Waals surface area (Å²) in [6, 6.07) is 30.5. The van der Waals surface area contributed by atoms with Crippen LogP contribution in [0, 0.1) is 0 Å². The number of benzene rings is 3. The summed E-state index contributed by atoms with van der Waals surface area (Å²) >= 11 is 0. The molecular weight excluding hydrogens is 282 g/mol. The Bertz CT molecular complexity index is 658. The second kappa shape index (κ2) is 7.73. The van der Waals surface area contributed by atoms with E-state index >= 15 is 0 Å².